The van der Waals surface area contributed by atoms with Gasteiger partial charge in [0, 0.05) is 11.8 Å². The SMILES string of the molecule is Cc1cccc(C)c1COc1ncccc1NC(=O)c1ccccc1. The second-order valence-corrected chi connectivity index (χ2v) is 5.84. The number of nitrogens with zero attached hydrogens (tertiary/aromatic N) is 1. The topological polar surface area (TPSA) is 51.2 Å². The molecule has 0 bridgehead atoms. The zero-order valence-electron chi connectivity index (χ0n) is 14.3. The standard InChI is InChI=1S/C21H20N2O2/c1-15-8-6-9-16(2)18(15)14-25-21-19(12-7-13-22-21)23-20(24)17-10-4-3-5-11-17/h3-13H,14H2,1-2H3,(H,23,24). The van der Waals surface area contributed by atoms with Gasteiger partial charge in [-0.3, -0.25) is 4.79 Å². The molecule has 0 fully saturated rings. The maximum atomic E-state index is 12.4. The van der Waals surface area contributed by atoms with Gasteiger partial charge in [0.05, 0.1) is 0 Å². The number of anilines is 1. The quantitative estimate of drug-likeness (QED) is 0.747. The number of carbonyl (C=O) groups excluding carboxylic acids is 1. The monoisotopic (exact) mass is 332 g/mol. The van der Waals surface area contributed by atoms with Crippen LogP contribution in [0.3, 0.4) is 0 Å². The van der Waals surface area contributed by atoms with Crippen LogP contribution in [0.25, 0.3) is 0 Å². The second-order valence-electron chi connectivity index (χ2n) is 5.84. The molecule has 0 aliphatic rings. The molecule has 1 amide bonds. The molecule has 1 aromatic heterocycles. The minimum absolute atomic E-state index is 0.189. The predicted molar refractivity (Wildman–Crippen MR) is 98.9 cm³/mol. The molecule has 1 N–H and O–H groups in total. The Morgan fingerprint density at radius 3 is 2.40 bits per heavy atom. The summed E-state index contributed by atoms with van der Waals surface area (Å²) in [7, 11) is 0. The summed E-state index contributed by atoms with van der Waals surface area (Å²) >= 11 is 0. The van der Waals surface area contributed by atoms with E-state index in [4.69, 9.17) is 4.74 Å². The number of carbonyl (C=O) groups is 1. The van der Waals surface area contributed by atoms with E-state index in [0.29, 0.717) is 23.7 Å². The number of hydrogen-bond donors (Lipinski definition) is 1. The lowest BCUT2D eigenvalue weighted by Crippen LogP contribution is -2.13. The molecule has 4 nitrogen and oxygen atoms in total. The van der Waals surface area contributed by atoms with E-state index in [2.05, 4.69) is 36.3 Å². The van der Waals surface area contributed by atoms with Crippen LogP contribution < -0.4 is 10.1 Å². The van der Waals surface area contributed by atoms with Crippen molar-refractivity contribution < 1.29 is 9.53 Å². The van der Waals surface area contributed by atoms with Gasteiger partial charge in [0.25, 0.3) is 5.91 Å². The number of benzene rings is 2. The predicted octanol–water partition coefficient (Wildman–Crippen LogP) is 4.53. The van der Waals surface area contributed by atoms with Crippen LogP contribution in [0.5, 0.6) is 5.88 Å². The average Bonchev–Trinajstić information content (AvgIpc) is 2.63. The number of hydrogen-bond acceptors (Lipinski definition) is 3. The largest absolute Gasteiger partial charge is 0.471 e. The molecule has 25 heavy (non-hydrogen) atoms. The Labute approximate surface area is 147 Å². The molecule has 0 aliphatic heterocycles. The third kappa shape index (κ3) is 4.04. The van der Waals surface area contributed by atoms with Gasteiger partial charge in [-0.05, 0) is 54.8 Å². The molecule has 4 heteroatoms. The normalized spacial score (nSPS) is 10.3. The molecular weight excluding hydrogens is 312 g/mol. The van der Waals surface area contributed by atoms with Gasteiger partial charge in [-0.1, -0.05) is 36.4 Å². The summed E-state index contributed by atoms with van der Waals surface area (Å²) in [6, 6.07) is 18.8. The number of ether oxygens (including phenoxy) is 1. The fraction of sp³-hybridized carbons (Fsp3) is 0.143. The molecule has 0 saturated heterocycles. The van der Waals surface area contributed by atoms with Crippen molar-refractivity contribution in [3.05, 3.63) is 89.1 Å². The fourth-order valence-corrected chi connectivity index (χ4v) is 2.60. The molecule has 0 atom stereocenters. The van der Waals surface area contributed by atoms with Gasteiger partial charge in [-0.25, -0.2) is 4.98 Å². The number of rotatable bonds is 5. The highest BCUT2D eigenvalue weighted by molar-refractivity contribution is 6.04. The average molecular weight is 332 g/mol. The Balaban J connectivity index is 1.76. The third-order valence-corrected chi connectivity index (χ3v) is 4.05. The Kier molecular flexibility index (Phi) is 5.09. The number of pyridine rings is 1. The number of nitrogens with one attached hydrogen (secondary N) is 1. The van der Waals surface area contributed by atoms with E-state index in [1.54, 1.807) is 30.5 Å². The summed E-state index contributed by atoms with van der Waals surface area (Å²) in [5.41, 5.74) is 4.62. The molecular formula is C21H20N2O2. The lowest BCUT2D eigenvalue weighted by molar-refractivity contribution is 0.102. The van der Waals surface area contributed by atoms with Crippen molar-refractivity contribution in [3.63, 3.8) is 0 Å². The van der Waals surface area contributed by atoms with Crippen molar-refractivity contribution in [3.8, 4) is 5.88 Å². The van der Waals surface area contributed by atoms with Gasteiger partial charge in [-0.15, -0.1) is 0 Å². The van der Waals surface area contributed by atoms with E-state index in [9.17, 15) is 4.79 Å². The summed E-state index contributed by atoms with van der Waals surface area (Å²) in [6.07, 6.45) is 1.65. The first-order chi connectivity index (χ1) is 12.1. The first-order valence-corrected chi connectivity index (χ1v) is 8.14. The summed E-state index contributed by atoms with van der Waals surface area (Å²) in [5.74, 6) is 0.222. The van der Waals surface area contributed by atoms with E-state index in [0.717, 1.165) is 5.56 Å². The molecule has 0 radical (unpaired) electrons. The highest BCUT2D eigenvalue weighted by atomic mass is 16.5. The van der Waals surface area contributed by atoms with Gasteiger partial charge >= 0.3 is 0 Å². The molecule has 3 aromatic rings. The molecule has 0 spiro atoms. The van der Waals surface area contributed by atoms with Gasteiger partial charge in [0.15, 0.2) is 0 Å². The van der Waals surface area contributed by atoms with Gasteiger partial charge in [-0.2, -0.15) is 0 Å². The molecule has 126 valence electrons. The van der Waals surface area contributed by atoms with E-state index < -0.39 is 0 Å². The first kappa shape index (κ1) is 16.7. The molecule has 0 aliphatic carbocycles. The third-order valence-electron chi connectivity index (χ3n) is 4.05. The summed E-state index contributed by atoms with van der Waals surface area (Å²) in [5, 5.41) is 2.87. The zero-order valence-corrected chi connectivity index (χ0v) is 14.3. The maximum absolute atomic E-state index is 12.4. The Bertz CT molecular complexity index is 856. The Hall–Kier alpha value is -3.14. The van der Waals surface area contributed by atoms with Crippen molar-refractivity contribution >= 4 is 11.6 Å². The number of aromatic nitrogens is 1. The van der Waals surface area contributed by atoms with Crippen LogP contribution in [-0.4, -0.2) is 10.9 Å². The molecule has 2 aromatic carbocycles. The van der Waals surface area contributed by atoms with Crippen molar-refractivity contribution in [1.29, 1.82) is 0 Å². The minimum Gasteiger partial charge on any atom is -0.471 e. The van der Waals surface area contributed by atoms with E-state index in [1.165, 1.54) is 11.1 Å². The van der Waals surface area contributed by atoms with E-state index in [1.807, 2.05) is 24.3 Å². The molecule has 0 saturated carbocycles. The minimum atomic E-state index is -0.189. The number of aryl methyl sites for hydroxylation is 2. The Morgan fingerprint density at radius 2 is 1.68 bits per heavy atom. The van der Waals surface area contributed by atoms with Gasteiger partial charge in [0.1, 0.15) is 12.3 Å². The zero-order chi connectivity index (χ0) is 17.6. The van der Waals surface area contributed by atoms with Crippen molar-refractivity contribution in [2.75, 3.05) is 5.32 Å². The van der Waals surface area contributed by atoms with Crippen LogP contribution in [-0.2, 0) is 6.61 Å². The van der Waals surface area contributed by atoms with Crippen LogP contribution in [0, 0.1) is 13.8 Å². The van der Waals surface area contributed by atoms with Gasteiger partial charge in [0.2, 0.25) is 5.88 Å². The summed E-state index contributed by atoms with van der Waals surface area (Å²) in [6.45, 7) is 4.52. The van der Waals surface area contributed by atoms with E-state index >= 15 is 0 Å². The van der Waals surface area contributed by atoms with Crippen LogP contribution in [0.4, 0.5) is 5.69 Å². The lowest BCUT2D eigenvalue weighted by Gasteiger charge is -2.14. The van der Waals surface area contributed by atoms with Crippen molar-refractivity contribution in [2.24, 2.45) is 0 Å². The number of amides is 1. The van der Waals surface area contributed by atoms with Crippen molar-refractivity contribution in [2.45, 2.75) is 20.5 Å². The van der Waals surface area contributed by atoms with Crippen LogP contribution in [0.1, 0.15) is 27.0 Å². The molecule has 3 rings (SSSR count). The molecule has 1 heterocycles. The highest BCUT2D eigenvalue weighted by Crippen LogP contribution is 2.24. The van der Waals surface area contributed by atoms with E-state index in [-0.39, 0.29) is 5.91 Å². The Morgan fingerprint density at radius 1 is 0.960 bits per heavy atom. The first-order valence-electron chi connectivity index (χ1n) is 8.14. The summed E-state index contributed by atoms with van der Waals surface area (Å²) in [4.78, 5) is 16.6. The van der Waals surface area contributed by atoms with Crippen LogP contribution >= 0.6 is 0 Å². The fourth-order valence-electron chi connectivity index (χ4n) is 2.60. The summed E-state index contributed by atoms with van der Waals surface area (Å²) < 4.78 is 5.90. The van der Waals surface area contributed by atoms with Gasteiger partial charge < -0.3 is 10.1 Å². The maximum Gasteiger partial charge on any atom is 0.255 e. The molecule has 0 unspecified atom stereocenters. The van der Waals surface area contributed by atoms with Crippen molar-refractivity contribution in [1.82, 2.24) is 4.98 Å². The highest BCUT2D eigenvalue weighted by Gasteiger charge is 2.11. The lowest BCUT2D eigenvalue weighted by atomic mass is 10.0. The smallest absolute Gasteiger partial charge is 0.255 e. The second kappa shape index (κ2) is 7.62. The van der Waals surface area contributed by atoms with Crippen LogP contribution in [0.2, 0.25) is 0 Å². The van der Waals surface area contributed by atoms with Crippen LogP contribution in [0.15, 0.2) is 66.9 Å².